The molecule has 1 aliphatic carbocycles. The molecular weight excluding hydrogens is 755 g/mol. The molecule has 13 rings (SSSR count). The van der Waals surface area contributed by atoms with Gasteiger partial charge in [0.05, 0.1) is 11.0 Å². The molecule has 0 amide bonds. The smallest absolute Gasteiger partial charge is 0.0541 e. The molecule has 1 nitrogen and oxygen atoms in total. The molecule has 0 radical (unpaired) electrons. The molecule has 286 valence electrons. The van der Waals surface area contributed by atoms with Gasteiger partial charge in [-0.15, -0.1) is 11.3 Å². The maximum Gasteiger partial charge on any atom is 0.0541 e. The van der Waals surface area contributed by atoms with Gasteiger partial charge >= 0.3 is 0 Å². The molecule has 0 spiro atoms. The van der Waals surface area contributed by atoms with Crippen LogP contribution in [0.4, 0.5) is 0 Å². The third kappa shape index (κ3) is 4.94. The van der Waals surface area contributed by atoms with Gasteiger partial charge < -0.3 is 4.57 Å². The Hall–Kier alpha value is -7.26. The number of benzene rings is 10. The van der Waals surface area contributed by atoms with Crippen LogP contribution >= 0.6 is 11.3 Å². The molecule has 61 heavy (non-hydrogen) atoms. The van der Waals surface area contributed by atoms with Gasteiger partial charge in [-0.25, -0.2) is 0 Å². The second-order valence-electron chi connectivity index (χ2n) is 17.2. The molecule has 0 N–H and O–H groups in total. The Morgan fingerprint density at radius 2 is 0.902 bits per heavy atom. The molecule has 2 aromatic heterocycles. The van der Waals surface area contributed by atoms with Gasteiger partial charge in [0.2, 0.25) is 0 Å². The zero-order chi connectivity index (χ0) is 40.4. The van der Waals surface area contributed by atoms with Crippen molar-refractivity contribution in [3.8, 4) is 50.2 Å². The fourth-order valence-electron chi connectivity index (χ4n) is 10.8. The first kappa shape index (κ1) is 34.6. The van der Waals surface area contributed by atoms with Crippen molar-refractivity contribution in [3.63, 3.8) is 0 Å². The van der Waals surface area contributed by atoms with Crippen molar-refractivity contribution in [2.24, 2.45) is 0 Å². The van der Waals surface area contributed by atoms with E-state index in [0.717, 1.165) is 5.69 Å². The summed E-state index contributed by atoms with van der Waals surface area (Å²) in [6.07, 6.45) is 0. The maximum absolute atomic E-state index is 2.47. The average molecular weight is 794 g/mol. The Bertz CT molecular complexity index is 3730. The summed E-state index contributed by atoms with van der Waals surface area (Å²) in [6.45, 7) is 4.74. The second-order valence-corrected chi connectivity index (χ2v) is 18.2. The van der Waals surface area contributed by atoms with E-state index in [0.29, 0.717) is 0 Å². The maximum atomic E-state index is 2.47. The number of fused-ring (bicyclic) bond motifs is 11. The van der Waals surface area contributed by atoms with E-state index in [1.165, 1.54) is 119 Å². The predicted octanol–water partition coefficient (Wildman–Crippen LogP) is 16.8. The third-order valence-electron chi connectivity index (χ3n) is 13.6. The van der Waals surface area contributed by atoms with E-state index in [4.69, 9.17) is 0 Å². The van der Waals surface area contributed by atoms with Crippen molar-refractivity contribution in [2.75, 3.05) is 0 Å². The SMILES string of the molecule is CC1(C)c2ccccc2-c2ccc(-c3c4ccccc4c(-c4ccc(-n5c6ccccc6c6cc(-c7cccc8c7sc7ccccc78)ccc65)cc4)c4ccccc34)cc21. The first-order valence-electron chi connectivity index (χ1n) is 21.3. The Morgan fingerprint density at radius 1 is 0.361 bits per heavy atom. The molecule has 0 aliphatic heterocycles. The summed E-state index contributed by atoms with van der Waals surface area (Å²) in [5.74, 6) is 0. The summed E-state index contributed by atoms with van der Waals surface area (Å²) in [5.41, 5.74) is 16.6. The lowest BCUT2D eigenvalue weighted by atomic mass is 9.80. The van der Waals surface area contributed by atoms with Crippen LogP contribution in [0, 0.1) is 0 Å². The van der Waals surface area contributed by atoms with Gasteiger partial charge in [-0.2, -0.15) is 0 Å². The van der Waals surface area contributed by atoms with Crippen LogP contribution < -0.4 is 0 Å². The summed E-state index contributed by atoms with van der Waals surface area (Å²) < 4.78 is 5.11. The van der Waals surface area contributed by atoms with Crippen LogP contribution in [-0.4, -0.2) is 4.57 Å². The highest BCUT2D eigenvalue weighted by atomic mass is 32.1. The largest absolute Gasteiger partial charge is 0.309 e. The van der Waals surface area contributed by atoms with Gasteiger partial charge in [-0.05, 0) is 120 Å². The van der Waals surface area contributed by atoms with E-state index in [1.54, 1.807) is 0 Å². The monoisotopic (exact) mass is 793 g/mol. The van der Waals surface area contributed by atoms with Crippen molar-refractivity contribution in [1.29, 1.82) is 0 Å². The molecule has 0 fully saturated rings. The molecule has 0 bridgehead atoms. The third-order valence-corrected chi connectivity index (χ3v) is 14.8. The molecule has 2 heterocycles. The van der Waals surface area contributed by atoms with E-state index < -0.39 is 0 Å². The zero-order valence-corrected chi connectivity index (χ0v) is 34.7. The van der Waals surface area contributed by atoms with Crippen LogP contribution in [0.15, 0.2) is 200 Å². The average Bonchev–Trinajstić information content (AvgIpc) is 3.93. The Labute approximate surface area is 358 Å². The van der Waals surface area contributed by atoms with E-state index in [1.807, 2.05) is 11.3 Å². The van der Waals surface area contributed by atoms with Crippen molar-refractivity contribution < 1.29 is 0 Å². The lowest BCUT2D eigenvalue weighted by molar-refractivity contribution is 0.660. The van der Waals surface area contributed by atoms with Crippen LogP contribution in [0.3, 0.4) is 0 Å². The highest BCUT2D eigenvalue weighted by molar-refractivity contribution is 7.26. The van der Waals surface area contributed by atoms with Gasteiger partial charge in [0.25, 0.3) is 0 Å². The molecule has 0 saturated carbocycles. The minimum atomic E-state index is -0.0673. The lowest BCUT2D eigenvalue weighted by Gasteiger charge is -2.23. The van der Waals surface area contributed by atoms with Gasteiger partial charge in [0, 0.05) is 42.0 Å². The summed E-state index contributed by atoms with van der Waals surface area (Å²) in [4.78, 5) is 0. The quantitative estimate of drug-likeness (QED) is 0.156. The number of para-hydroxylation sites is 1. The highest BCUT2D eigenvalue weighted by Crippen LogP contribution is 2.51. The van der Waals surface area contributed by atoms with E-state index in [-0.39, 0.29) is 5.41 Å². The number of aromatic nitrogens is 1. The summed E-state index contributed by atoms with van der Waals surface area (Å²) in [5, 5.41) is 10.3. The predicted molar refractivity (Wildman–Crippen MR) is 263 cm³/mol. The van der Waals surface area contributed by atoms with Crippen molar-refractivity contribution in [2.45, 2.75) is 19.3 Å². The van der Waals surface area contributed by atoms with Crippen LogP contribution in [0.2, 0.25) is 0 Å². The number of hydrogen-bond acceptors (Lipinski definition) is 1. The van der Waals surface area contributed by atoms with Crippen molar-refractivity contribution >= 4 is 74.9 Å². The summed E-state index contributed by atoms with van der Waals surface area (Å²) >= 11 is 1.89. The van der Waals surface area contributed by atoms with Crippen LogP contribution in [0.1, 0.15) is 25.0 Å². The Morgan fingerprint density at radius 3 is 1.66 bits per heavy atom. The van der Waals surface area contributed by atoms with E-state index >= 15 is 0 Å². The van der Waals surface area contributed by atoms with E-state index in [9.17, 15) is 0 Å². The molecular formula is C59H39NS. The first-order valence-corrected chi connectivity index (χ1v) is 22.1. The molecule has 10 aromatic carbocycles. The number of nitrogens with zero attached hydrogens (tertiary/aromatic N) is 1. The minimum absolute atomic E-state index is 0.0673. The molecule has 0 saturated heterocycles. The van der Waals surface area contributed by atoms with Gasteiger partial charge in [0.15, 0.2) is 0 Å². The Balaban J connectivity index is 0.951. The number of thiophene rings is 1. The summed E-state index contributed by atoms with van der Waals surface area (Å²) in [7, 11) is 0. The van der Waals surface area contributed by atoms with Crippen molar-refractivity contribution in [1.82, 2.24) is 4.57 Å². The van der Waals surface area contributed by atoms with Gasteiger partial charge in [-0.1, -0.05) is 172 Å². The number of hydrogen-bond donors (Lipinski definition) is 0. The zero-order valence-electron chi connectivity index (χ0n) is 33.9. The minimum Gasteiger partial charge on any atom is -0.309 e. The van der Waals surface area contributed by atoms with Crippen LogP contribution in [0.5, 0.6) is 0 Å². The van der Waals surface area contributed by atoms with E-state index in [2.05, 4.69) is 219 Å². The normalized spacial score (nSPS) is 13.2. The van der Waals surface area contributed by atoms with Gasteiger partial charge in [-0.3, -0.25) is 0 Å². The standard InChI is InChI=1S/C59H39NS/c1-59(2)51-23-10-7-14-41(51)42-32-28-38(35-52(42)59)57-47-19-5-3-17-45(47)56(46-18-4-6-20-48(46)57)36-26-30-39(31-27-36)60-53-24-11-8-15-43(53)50-34-37(29-33-54(50)60)40-21-13-22-49-44-16-9-12-25-55(44)61-58(40)49/h3-35H,1-2H3. The second kappa shape index (κ2) is 12.9. The topological polar surface area (TPSA) is 4.93 Å². The molecule has 0 unspecified atom stereocenters. The van der Waals surface area contributed by atoms with Crippen LogP contribution in [-0.2, 0) is 5.41 Å². The first-order chi connectivity index (χ1) is 30.0. The fraction of sp³-hybridized carbons (Fsp3) is 0.0508. The molecule has 12 aromatic rings. The van der Waals surface area contributed by atoms with Crippen LogP contribution in [0.25, 0.3) is 114 Å². The van der Waals surface area contributed by atoms with Crippen molar-refractivity contribution in [3.05, 3.63) is 211 Å². The molecule has 2 heteroatoms. The lowest BCUT2D eigenvalue weighted by Crippen LogP contribution is -2.14. The number of rotatable bonds is 4. The molecule has 0 atom stereocenters. The fourth-order valence-corrected chi connectivity index (χ4v) is 12.0. The Kier molecular flexibility index (Phi) is 7.30. The summed E-state index contributed by atoms with van der Waals surface area (Å²) in [6, 6.07) is 74.8. The van der Waals surface area contributed by atoms with Gasteiger partial charge in [0.1, 0.15) is 0 Å². The highest BCUT2D eigenvalue weighted by Gasteiger charge is 2.35. The molecule has 1 aliphatic rings.